The molecule has 0 saturated carbocycles. The number of carbonyl (C=O) groups excluding carboxylic acids is 1. The van der Waals surface area contributed by atoms with Gasteiger partial charge in [0.1, 0.15) is 0 Å². The highest BCUT2D eigenvalue weighted by molar-refractivity contribution is 7.98. The van der Waals surface area contributed by atoms with Gasteiger partial charge in [-0.05, 0) is 49.1 Å². The number of rotatable bonds is 8. The number of hydrogen-bond donors (Lipinski definition) is 2. The van der Waals surface area contributed by atoms with Crippen molar-refractivity contribution in [1.82, 2.24) is 5.32 Å². The maximum atomic E-state index is 11.8. The molecule has 104 valence electrons. The number of benzene rings is 1. The molecule has 0 saturated heterocycles. The summed E-state index contributed by atoms with van der Waals surface area (Å²) in [6.45, 7) is 0.661. The van der Waals surface area contributed by atoms with E-state index in [4.69, 9.17) is 5.11 Å². The van der Waals surface area contributed by atoms with Crippen LogP contribution in [0.5, 0.6) is 0 Å². The molecular weight excluding hydrogens is 262 g/mol. The molecule has 5 heteroatoms. The molecular formula is C14H19NO3S. The minimum absolute atomic E-state index is 0.151. The Bertz CT molecular complexity index is 417. The molecule has 1 amide bonds. The molecule has 4 nitrogen and oxygen atoms in total. The van der Waals surface area contributed by atoms with Crippen molar-refractivity contribution in [3.63, 3.8) is 0 Å². The topological polar surface area (TPSA) is 66.4 Å². The van der Waals surface area contributed by atoms with Crippen molar-refractivity contribution >= 4 is 23.6 Å². The number of thioether (sulfide) groups is 1. The van der Waals surface area contributed by atoms with Crippen LogP contribution in [0.1, 0.15) is 40.0 Å². The third kappa shape index (κ3) is 5.79. The van der Waals surface area contributed by atoms with E-state index in [1.54, 1.807) is 0 Å². The highest BCUT2D eigenvalue weighted by atomic mass is 32.2. The van der Waals surface area contributed by atoms with E-state index in [0.29, 0.717) is 12.1 Å². The Hall–Kier alpha value is -1.49. The largest absolute Gasteiger partial charge is 0.478 e. The Morgan fingerprint density at radius 1 is 1.11 bits per heavy atom. The molecule has 0 aliphatic heterocycles. The lowest BCUT2D eigenvalue weighted by atomic mass is 10.1. The van der Waals surface area contributed by atoms with E-state index < -0.39 is 5.97 Å². The normalized spacial score (nSPS) is 10.2. The second kappa shape index (κ2) is 8.58. The van der Waals surface area contributed by atoms with Gasteiger partial charge >= 0.3 is 5.97 Å². The van der Waals surface area contributed by atoms with Crippen molar-refractivity contribution < 1.29 is 14.7 Å². The molecule has 0 fully saturated rings. The van der Waals surface area contributed by atoms with Gasteiger partial charge in [0, 0.05) is 12.1 Å². The lowest BCUT2D eigenvalue weighted by Crippen LogP contribution is -2.24. The average Bonchev–Trinajstić information content (AvgIpc) is 2.42. The average molecular weight is 281 g/mol. The Morgan fingerprint density at radius 3 is 2.32 bits per heavy atom. The number of unbranched alkanes of at least 4 members (excludes halogenated alkanes) is 2. The Balaban J connectivity index is 2.31. The van der Waals surface area contributed by atoms with Gasteiger partial charge in [-0.3, -0.25) is 4.79 Å². The lowest BCUT2D eigenvalue weighted by Gasteiger charge is -2.05. The number of carbonyl (C=O) groups is 2. The van der Waals surface area contributed by atoms with E-state index in [2.05, 4.69) is 11.6 Å². The summed E-state index contributed by atoms with van der Waals surface area (Å²) in [5.41, 5.74) is 0.683. The molecule has 19 heavy (non-hydrogen) atoms. The van der Waals surface area contributed by atoms with Crippen LogP contribution in [-0.4, -0.2) is 35.5 Å². The van der Waals surface area contributed by atoms with E-state index in [0.717, 1.165) is 18.6 Å². The number of hydrogen-bond acceptors (Lipinski definition) is 3. The van der Waals surface area contributed by atoms with Crippen LogP contribution in [0.25, 0.3) is 0 Å². The maximum absolute atomic E-state index is 11.8. The zero-order valence-corrected chi connectivity index (χ0v) is 11.8. The number of carboxylic acids is 1. The fourth-order valence-corrected chi connectivity index (χ4v) is 2.11. The minimum Gasteiger partial charge on any atom is -0.478 e. The van der Waals surface area contributed by atoms with Gasteiger partial charge in [-0.25, -0.2) is 4.79 Å². The fraction of sp³-hybridized carbons (Fsp3) is 0.429. The van der Waals surface area contributed by atoms with Gasteiger partial charge in [0.15, 0.2) is 0 Å². The van der Waals surface area contributed by atoms with Gasteiger partial charge in [-0.15, -0.1) is 0 Å². The summed E-state index contributed by atoms with van der Waals surface area (Å²) in [4.78, 5) is 22.4. The highest BCUT2D eigenvalue weighted by Crippen LogP contribution is 2.05. The molecule has 0 atom stereocenters. The smallest absolute Gasteiger partial charge is 0.335 e. The molecule has 1 aromatic rings. The quantitative estimate of drug-likeness (QED) is 0.719. The summed E-state index contributed by atoms with van der Waals surface area (Å²) >= 11 is 1.83. The molecule has 1 aromatic carbocycles. The van der Waals surface area contributed by atoms with Crippen LogP contribution in [0.2, 0.25) is 0 Å². The zero-order valence-electron chi connectivity index (χ0n) is 11.0. The molecule has 0 heterocycles. The maximum Gasteiger partial charge on any atom is 0.335 e. The van der Waals surface area contributed by atoms with Crippen LogP contribution in [0, 0.1) is 0 Å². The standard InChI is InChI=1S/C14H19NO3S/c1-19-10-4-2-3-9-15-13(16)11-5-7-12(8-6-11)14(17)18/h5-8H,2-4,9-10H2,1H3,(H,15,16)(H,17,18). The molecule has 0 aromatic heterocycles. The van der Waals surface area contributed by atoms with Gasteiger partial charge < -0.3 is 10.4 Å². The van der Waals surface area contributed by atoms with Crippen molar-refractivity contribution in [3.05, 3.63) is 35.4 Å². The summed E-state index contributed by atoms with van der Waals surface area (Å²) in [6.07, 6.45) is 5.34. The van der Waals surface area contributed by atoms with Crippen molar-refractivity contribution in [3.8, 4) is 0 Å². The van der Waals surface area contributed by atoms with Gasteiger partial charge in [-0.2, -0.15) is 11.8 Å². The van der Waals surface area contributed by atoms with Crippen LogP contribution in [0.15, 0.2) is 24.3 Å². The van der Waals surface area contributed by atoms with Crippen molar-refractivity contribution in [2.45, 2.75) is 19.3 Å². The fourth-order valence-electron chi connectivity index (χ4n) is 1.62. The van der Waals surface area contributed by atoms with Crippen molar-refractivity contribution in [2.75, 3.05) is 18.6 Å². The molecule has 0 bridgehead atoms. The second-order valence-corrected chi connectivity index (χ2v) is 5.18. The van der Waals surface area contributed by atoms with Gasteiger partial charge in [0.05, 0.1) is 5.56 Å². The van der Waals surface area contributed by atoms with Gasteiger partial charge in [0.25, 0.3) is 5.91 Å². The first kappa shape index (κ1) is 15.6. The van der Waals surface area contributed by atoms with Crippen molar-refractivity contribution in [2.24, 2.45) is 0 Å². The number of nitrogens with one attached hydrogen (secondary N) is 1. The highest BCUT2D eigenvalue weighted by Gasteiger charge is 2.06. The Morgan fingerprint density at radius 2 is 1.74 bits per heavy atom. The summed E-state index contributed by atoms with van der Waals surface area (Å²) in [5.74, 6) is 0.0208. The lowest BCUT2D eigenvalue weighted by molar-refractivity contribution is 0.0696. The summed E-state index contributed by atoms with van der Waals surface area (Å²) in [5, 5.41) is 11.6. The summed E-state index contributed by atoms with van der Waals surface area (Å²) in [7, 11) is 0. The van der Waals surface area contributed by atoms with Gasteiger partial charge in [0.2, 0.25) is 0 Å². The van der Waals surface area contributed by atoms with Crippen LogP contribution >= 0.6 is 11.8 Å². The van der Waals surface area contributed by atoms with E-state index in [-0.39, 0.29) is 11.5 Å². The Kier molecular flexibility index (Phi) is 7.03. The summed E-state index contributed by atoms with van der Waals surface area (Å²) in [6, 6.07) is 5.95. The number of amides is 1. The van der Waals surface area contributed by atoms with E-state index >= 15 is 0 Å². The van der Waals surface area contributed by atoms with E-state index in [9.17, 15) is 9.59 Å². The van der Waals surface area contributed by atoms with Crippen LogP contribution < -0.4 is 5.32 Å². The monoisotopic (exact) mass is 281 g/mol. The molecule has 1 rings (SSSR count). The number of carboxylic acid groups (broad SMARTS) is 1. The van der Waals surface area contributed by atoms with Crippen LogP contribution in [0.4, 0.5) is 0 Å². The molecule has 0 aliphatic rings. The number of aromatic carboxylic acids is 1. The Labute approximate surface area is 117 Å². The van der Waals surface area contributed by atoms with Crippen LogP contribution in [0.3, 0.4) is 0 Å². The molecule has 0 spiro atoms. The predicted octanol–water partition coefficient (Wildman–Crippen LogP) is 2.65. The van der Waals surface area contributed by atoms with E-state index in [1.807, 2.05) is 11.8 Å². The van der Waals surface area contributed by atoms with Crippen LogP contribution in [-0.2, 0) is 0 Å². The minimum atomic E-state index is -0.985. The third-order valence-electron chi connectivity index (χ3n) is 2.70. The SMILES string of the molecule is CSCCCCCNC(=O)c1ccc(C(=O)O)cc1. The van der Waals surface area contributed by atoms with E-state index in [1.165, 1.54) is 30.7 Å². The first-order valence-electron chi connectivity index (χ1n) is 6.25. The molecule has 0 radical (unpaired) electrons. The van der Waals surface area contributed by atoms with Crippen molar-refractivity contribution in [1.29, 1.82) is 0 Å². The first-order valence-corrected chi connectivity index (χ1v) is 7.65. The first-order chi connectivity index (χ1) is 9.15. The second-order valence-electron chi connectivity index (χ2n) is 4.19. The molecule has 0 aliphatic carbocycles. The van der Waals surface area contributed by atoms with Gasteiger partial charge in [-0.1, -0.05) is 6.42 Å². The molecule has 2 N–H and O–H groups in total. The summed E-state index contributed by atoms with van der Waals surface area (Å²) < 4.78 is 0. The molecule has 0 unspecified atom stereocenters. The third-order valence-corrected chi connectivity index (χ3v) is 3.40. The predicted molar refractivity (Wildman–Crippen MR) is 78.0 cm³/mol. The zero-order chi connectivity index (χ0) is 14.1.